The molecule has 26 heavy (non-hydrogen) atoms. The number of aryl methyl sites for hydroxylation is 2. The minimum Gasteiger partial charge on any atom is -0.356 e. The van der Waals surface area contributed by atoms with Crippen LogP contribution in [0.1, 0.15) is 23.5 Å². The molecule has 1 saturated heterocycles. The van der Waals surface area contributed by atoms with Crippen molar-refractivity contribution in [1.29, 1.82) is 0 Å². The lowest BCUT2D eigenvalue weighted by atomic mass is 10.1. The molecular weight excluding hydrogens is 350 g/mol. The van der Waals surface area contributed by atoms with Gasteiger partial charge in [0.1, 0.15) is 5.82 Å². The van der Waals surface area contributed by atoms with Crippen molar-refractivity contribution in [3.05, 3.63) is 40.6 Å². The van der Waals surface area contributed by atoms with Crippen LogP contribution in [-0.2, 0) is 22.7 Å². The number of carbonyl (C=O) groups is 2. The van der Waals surface area contributed by atoms with E-state index in [4.69, 9.17) is 0 Å². The van der Waals surface area contributed by atoms with Gasteiger partial charge in [-0.15, -0.1) is 11.3 Å². The molecule has 1 atom stereocenters. The van der Waals surface area contributed by atoms with Crippen molar-refractivity contribution in [3.63, 3.8) is 0 Å². The maximum atomic E-state index is 12.3. The van der Waals surface area contributed by atoms with Gasteiger partial charge in [-0.1, -0.05) is 6.07 Å². The lowest BCUT2D eigenvalue weighted by Gasteiger charge is -2.34. The zero-order chi connectivity index (χ0) is 18.4. The zero-order valence-electron chi connectivity index (χ0n) is 15.0. The highest BCUT2D eigenvalue weighted by Gasteiger charge is 2.31. The second-order valence-electron chi connectivity index (χ2n) is 6.43. The predicted molar refractivity (Wildman–Crippen MR) is 101 cm³/mol. The van der Waals surface area contributed by atoms with Gasteiger partial charge in [0.2, 0.25) is 11.8 Å². The van der Waals surface area contributed by atoms with Gasteiger partial charge < -0.3 is 15.2 Å². The topological polar surface area (TPSA) is 79.3 Å². The average Bonchev–Trinajstić information content (AvgIpc) is 3.27. The van der Waals surface area contributed by atoms with Gasteiger partial charge >= 0.3 is 0 Å². The molecule has 1 unspecified atom stereocenters. The van der Waals surface area contributed by atoms with Gasteiger partial charge in [-0.2, -0.15) is 0 Å². The SMILES string of the molecule is Cc1nccn1CCCNC(=O)CC1C(=O)NCCN1Cc1cccs1. The first-order valence-electron chi connectivity index (χ1n) is 8.92. The number of imidazole rings is 1. The number of hydrogen-bond donors (Lipinski definition) is 2. The molecule has 8 heteroatoms. The van der Waals surface area contributed by atoms with Crippen molar-refractivity contribution in [1.82, 2.24) is 25.1 Å². The van der Waals surface area contributed by atoms with E-state index in [2.05, 4.69) is 31.2 Å². The second-order valence-corrected chi connectivity index (χ2v) is 7.46. The third kappa shape index (κ3) is 4.92. The number of nitrogens with one attached hydrogen (secondary N) is 2. The molecule has 0 bridgehead atoms. The fourth-order valence-electron chi connectivity index (χ4n) is 3.14. The van der Waals surface area contributed by atoms with Crippen molar-refractivity contribution in [3.8, 4) is 0 Å². The number of hydrogen-bond acceptors (Lipinski definition) is 5. The highest BCUT2D eigenvalue weighted by Crippen LogP contribution is 2.17. The van der Waals surface area contributed by atoms with E-state index in [0.29, 0.717) is 19.6 Å². The van der Waals surface area contributed by atoms with Gasteiger partial charge in [-0.3, -0.25) is 14.5 Å². The predicted octanol–water partition coefficient (Wildman–Crippen LogP) is 1.15. The highest BCUT2D eigenvalue weighted by molar-refractivity contribution is 7.09. The Morgan fingerprint density at radius 3 is 3.12 bits per heavy atom. The molecule has 0 radical (unpaired) electrons. The number of aromatic nitrogens is 2. The van der Waals surface area contributed by atoms with Crippen molar-refractivity contribution in [2.75, 3.05) is 19.6 Å². The molecule has 2 aromatic rings. The molecule has 2 N–H and O–H groups in total. The number of carbonyl (C=O) groups excluding carboxylic acids is 2. The van der Waals surface area contributed by atoms with Gasteiger partial charge in [0.25, 0.3) is 0 Å². The fourth-order valence-corrected chi connectivity index (χ4v) is 3.87. The van der Waals surface area contributed by atoms with Crippen molar-refractivity contribution >= 4 is 23.2 Å². The first kappa shape index (κ1) is 18.6. The highest BCUT2D eigenvalue weighted by atomic mass is 32.1. The lowest BCUT2D eigenvalue weighted by molar-refractivity contribution is -0.134. The number of thiophene rings is 1. The van der Waals surface area contributed by atoms with E-state index in [1.54, 1.807) is 17.5 Å². The summed E-state index contributed by atoms with van der Waals surface area (Å²) in [5, 5.41) is 7.84. The molecule has 0 aliphatic carbocycles. The van der Waals surface area contributed by atoms with E-state index in [-0.39, 0.29) is 18.2 Å². The van der Waals surface area contributed by atoms with E-state index in [0.717, 1.165) is 25.3 Å². The van der Waals surface area contributed by atoms with Gasteiger partial charge in [-0.25, -0.2) is 4.98 Å². The Balaban J connectivity index is 1.46. The maximum Gasteiger partial charge on any atom is 0.237 e. The smallest absolute Gasteiger partial charge is 0.237 e. The van der Waals surface area contributed by atoms with E-state index in [9.17, 15) is 9.59 Å². The average molecular weight is 375 g/mol. The van der Waals surface area contributed by atoms with E-state index in [1.807, 2.05) is 24.6 Å². The molecule has 3 heterocycles. The molecular formula is C18H25N5O2S. The van der Waals surface area contributed by atoms with Gasteiger partial charge in [0, 0.05) is 50.0 Å². The molecule has 0 aromatic carbocycles. The standard InChI is InChI=1S/C18H25N5O2S/c1-14-19-6-9-22(14)8-3-5-20-17(24)12-16-18(25)21-7-10-23(16)13-15-4-2-11-26-15/h2,4,6,9,11,16H,3,5,7-8,10,12-13H2,1H3,(H,20,24)(H,21,25). The summed E-state index contributed by atoms with van der Waals surface area (Å²) in [6, 6.07) is 3.67. The molecule has 1 aliphatic rings. The molecule has 0 saturated carbocycles. The third-order valence-corrected chi connectivity index (χ3v) is 5.44. The largest absolute Gasteiger partial charge is 0.356 e. The number of rotatable bonds is 8. The molecule has 2 amide bonds. The molecule has 0 spiro atoms. The quantitative estimate of drug-likeness (QED) is 0.679. The monoisotopic (exact) mass is 375 g/mol. The molecule has 1 fully saturated rings. The number of amides is 2. The zero-order valence-corrected chi connectivity index (χ0v) is 15.8. The molecule has 140 valence electrons. The van der Waals surface area contributed by atoms with Crippen molar-refractivity contribution < 1.29 is 9.59 Å². The maximum absolute atomic E-state index is 12.3. The summed E-state index contributed by atoms with van der Waals surface area (Å²) in [5.74, 6) is 0.835. The van der Waals surface area contributed by atoms with Crippen LogP contribution in [-0.4, -0.2) is 51.9 Å². The summed E-state index contributed by atoms with van der Waals surface area (Å²) in [4.78, 5) is 32.0. The normalized spacial score (nSPS) is 17.9. The first-order valence-corrected chi connectivity index (χ1v) is 9.80. The third-order valence-electron chi connectivity index (χ3n) is 4.58. The van der Waals surface area contributed by atoms with Crippen LogP contribution in [0.25, 0.3) is 0 Å². The second kappa shape index (κ2) is 8.95. The Hall–Kier alpha value is -2.19. The Labute approximate surface area is 157 Å². The number of nitrogens with zero attached hydrogens (tertiary/aromatic N) is 3. The van der Waals surface area contributed by atoms with Gasteiger partial charge in [0.15, 0.2) is 0 Å². The fraction of sp³-hybridized carbons (Fsp3) is 0.500. The lowest BCUT2D eigenvalue weighted by Crippen LogP contribution is -2.56. The molecule has 7 nitrogen and oxygen atoms in total. The van der Waals surface area contributed by atoms with E-state index >= 15 is 0 Å². The van der Waals surface area contributed by atoms with Crippen LogP contribution in [0.5, 0.6) is 0 Å². The van der Waals surface area contributed by atoms with E-state index in [1.165, 1.54) is 4.88 Å². The minimum absolute atomic E-state index is 0.0583. The summed E-state index contributed by atoms with van der Waals surface area (Å²) < 4.78 is 2.06. The van der Waals surface area contributed by atoms with Crippen LogP contribution in [0, 0.1) is 6.92 Å². The van der Waals surface area contributed by atoms with Crippen LogP contribution >= 0.6 is 11.3 Å². The van der Waals surface area contributed by atoms with Crippen LogP contribution in [0.4, 0.5) is 0 Å². The molecule has 3 rings (SSSR count). The summed E-state index contributed by atoms with van der Waals surface area (Å²) in [7, 11) is 0. The minimum atomic E-state index is -0.401. The summed E-state index contributed by atoms with van der Waals surface area (Å²) in [6.07, 6.45) is 4.74. The Kier molecular flexibility index (Phi) is 6.40. The summed E-state index contributed by atoms with van der Waals surface area (Å²) in [5.41, 5.74) is 0. The number of piperazine rings is 1. The van der Waals surface area contributed by atoms with Gasteiger partial charge in [0.05, 0.1) is 12.5 Å². The van der Waals surface area contributed by atoms with Crippen LogP contribution < -0.4 is 10.6 Å². The Bertz CT molecular complexity index is 728. The Morgan fingerprint density at radius 1 is 1.50 bits per heavy atom. The van der Waals surface area contributed by atoms with Crippen LogP contribution in [0.3, 0.4) is 0 Å². The first-order chi connectivity index (χ1) is 12.6. The van der Waals surface area contributed by atoms with Crippen molar-refractivity contribution in [2.45, 2.75) is 38.9 Å². The molecule has 2 aromatic heterocycles. The summed E-state index contributed by atoms with van der Waals surface area (Å²) >= 11 is 1.67. The molecule has 1 aliphatic heterocycles. The summed E-state index contributed by atoms with van der Waals surface area (Å²) in [6.45, 7) is 5.48. The van der Waals surface area contributed by atoms with Gasteiger partial charge in [-0.05, 0) is 24.8 Å². The van der Waals surface area contributed by atoms with Crippen LogP contribution in [0.2, 0.25) is 0 Å². The van der Waals surface area contributed by atoms with E-state index < -0.39 is 6.04 Å². The Morgan fingerprint density at radius 2 is 2.38 bits per heavy atom. The van der Waals surface area contributed by atoms with Crippen LogP contribution in [0.15, 0.2) is 29.9 Å². The van der Waals surface area contributed by atoms with Crippen molar-refractivity contribution in [2.24, 2.45) is 0 Å².